The van der Waals surface area contributed by atoms with Crippen LogP contribution in [0.1, 0.15) is 19.1 Å². The summed E-state index contributed by atoms with van der Waals surface area (Å²) in [5, 5.41) is 6.81. The van der Waals surface area contributed by atoms with E-state index in [0.29, 0.717) is 12.5 Å². The quantitative estimate of drug-likeness (QED) is 0.279. The molecule has 1 aromatic carbocycles. The molecule has 3 rings (SSSR count). The van der Waals surface area contributed by atoms with Gasteiger partial charge in [-0.3, -0.25) is 0 Å². The van der Waals surface area contributed by atoms with Gasteiger partial charge in [0.2, 0.25) is 0 Å². The predicted octanol–water partition coefficient (Wildman–Crippen LogP) is 3.49. The molecule has 8 heteroatoms. The van der Waals surface area contributed by atoms with Crippen molar-refractivity contribution in [1.82, 2.24) is 10.6 Å². The first-order valence-electron chi connectivity index (χ1n) is 10.2. The van der Waals surface area contributed by atoms with Crippen LogP contribution < -0.4 is 20.1 Å². The number of nitrogens with one attached hydrogen (secondary N) is 2. The zero-order valence-electron chi connectivity index (χ0n) is 17.6. The number of ether oxygens (including phenoxy) is 3. The highest BCUT2D eigenvalue weighted by molar-refractivity contribution is 14.0. The van der Waals surface area contributed by atoms with Crippen molar-refractivity contribution in [3.63, 3.8) is 0 Å². The maximum atomic E-state index is 5.97. The predicted molar refractivity (Wildman–Crippen MR) is 128 cm³/mol. The maximum absolute atomic E-state index is 5.97. The second-order valence-corrected chi connectivity index (χ2v) is 7.16. The maximum Gasteiger partial charge on any atom is 0.191 e. The van der Waals surface area contributed by atoms with E-state index in [1.807, 2.05) is 43.3 Å². The Morgan fingerprint density at radius 1 is 1.23 bits per heavy atom. The van der Waals surface area contributed by atoms with Gasteiger partial charge in [0.25, 0.3) is 0 Å². The minimum absolute atomic E-state index is 0. The number of rotatable bonds is 10. The highest BCUT2D eigenvalue weighted by atomic mass is 127. The number of benzene rings is 1. The van der Waals surface area contributed by atoms with Crippen LogP contribution >= 0.6 is 24.0 Å². The number of aliphatic imine (C=N–C) groups is 1. The van der Waals surface area contributed by atoms with Gasteiger partial charge in [0.1, 0.15) is 23.4 Å². The summed E-state index contributed by atoms with van der Waals surface area (Å²) in [7, 11) is 1.65. The topological polar surface area (TPSA) is 77.2 Å². The smallest absolute Gasteiger partial charge is 0.191 e. The SMILES string of the molecule is COc1cccc(OC(C)CN=C(NCCc2ccco2)NCC2CCOC2)c1.I. The lowest BCUT2D eigenvalue weighted by molar-refractivity contribution is 0.186. The molecular formula is C22H32IN3O4. The summed E-state index contributed by atoms with van der Waals surface area (Å²) in [6, 6.07) is 11.5. The number of halogens is 1. The fraction of sp³-hybridized carbons (Fsp3) is 0.500. The number of hydrogen-bond donors (Lipinski definition) is 2. The summed E-state index contributed by atoms with van der Waals surface area (Å²) >= 11 is 0. The Balaban J connectivity index is 0.00000320. The number of methoxy groups -OCH3 is 1. The molecule has 0 radical (unpaired) electrons. The third-order valence-electron chi connectivity index (χ3n) is 4.71. The minimum Gasteiger partial charge on any atom is -0.497 e. The van der Waals surface area contributed by atoms with E-state index in [1.54, 1.807) is 13.4 Å². The third-order valence-corrected chi connectivity index (χ3v) is 4.71. The molecule has 0 amide bonds. The van der Waals surface area contributed by atoms with Crippen LogP contribution in [-0.4, -0.2) is 52.0 Å². The number of furan rings is 1. The molecule has 2 aromatic rings. The number of guanidine groups is 1. The Labute approximate surface area is 195 Å². The number of nitrogens with zero attached hydrogens (tertiary/aromatic N) is 1. The Kier molecular flexibility index (Phi) is 10.9. The van der Waals surface area contributed by atoms with Gasteiger partial charge in [-0.1, -0.05) is 6.07 Å². The summed E-state index contributed by atoms with van der Waals surface area (Å²) in [4.78, 5) is 4.71. The average molecular weight is 529 g/mol. The average Bonchev–Trinajstić information content (AvgIpc) is 3.44. The monoisotopic (exact) mass is 529 g/mol. The van der Waals surface area contributed by atoms with Crippen LogP contribution in [0.4, 0.5) is 0 Å². The summed E-state index contributed by atoms with van der Waals surface area (Å²) in [5.74, 6) is 3.81. The zero-order chi connectivity index (χ0) is 20.3. The third kappa shape index (κ3) is 8.43. The van der Waals surface area contributed by atoms with E-state index in [-0.39, 0.29) is 30.1 Å². The second-order valence-electron chi connectivity index (χ2n) is 7.16. The van der Waals surface area contributed by atoms with Gasteiger partial charge in [0.05, 0.1) is 26.5 Å². The van der Waals surface area contributed by atoms with Crippen molar-refractivity contribution in [2.75, 3.05) is 40.0 Å². The van der Waals surface area contributed by atoms with Crippen molar-refractivity contribution >= 4 is 29.9 Å². The molecule has 166 valence electrons. The standard InChI is InChI=1S/C22H31N3O4.HI/c1-17(29-21-6-3-5-20(13-21)26-2)14-24-22(25-15-18-9-12-27-16-18)23-10-8-19-7-4-11-28-19;/h3-7,11,13,17-18H,8-10,12,14-16H2,1-2H3,(H2,23,24,25);1H. The van der Waals surface area contributed by atoms with Gasteiger partial charge in [-0.25, -0.2) is 4.99 Å². The van der Waals surface area contributed by atoms with Gasteiger partial charge < -0.3 is 29.3 Å². The Morgan fingerprint density at radius 3 is 2.83 bits per heavy atom. The van der Waals surface area contributed by atoms with Crippen LogP contribution in [0.15, 0.2) is 52.1 Å². The Bertz CT molecular complexity index is 749. The van der Waals surface area contributed by atoms with Crippen molar-refractivity contribution in [2.24, 2.45) is 10.9 Å². The molecule has 1 aliphatic rings. The van der Waals surface area contributed by atoms with Crippen molar-refractivity contribution in [3.05, 3.63) is 48.4 Å². The van der Waals surface area contributed by atoms with E-state index in [4.69, 9.17) is 23.6 Å². The lowest BCUT2D eigenvalue weighted by Crippen LogP contribution is -2.41. The van der Waals surface area contributed by atoms with E-state index in [9.17, 15) is 0 Å². The van der Waals surface area contributed by atoms with Crippen LogP contribution in [0.2, 0.25) is 0 Å². The first-order valence-corrected chi connectivity index (χ1v) is 10.2. The molecule has 0 aliphatic carbocycles. The van der Waals surface area contributed by atoms with Gasteiger partial charge in [0, 0.05) is 38.1 Å². The highest BCUT2D eigenvalue weighted by Crippen LogP contribution is 2.20. The van der Waals surface area contributed by atoms with Crippen LogP contribution in [0.5, 0.6) is 11.5 Å². The first kappa shape index (κ1) is 24.3. The Hall–Kier alpha value is -1.94. The second kappa shape index (κ2) is 13.4. The molecule has 1 aliphatic heterocycles. The summed E-state index contributed by atoms with van der Waals surface area (Å²) in [6.45, 7) is 5.78. The summed E-state index contributed by atoms with van der Waals surface area (Å²) in [5.41, 5.74) is 0. The fourth-order valence-electron chi connectivity index (χ4n) is 3.08. The van der Waals surface area contributed by atoms with Gasteiger partial charge >= 0.3 is 0 Å². The van der Waals surface area contributed by atoms with Gasteiger partial charge in [0.15, 0.2) is 5.96 Å². The van der Waals surface area contributed by atoms with Gasteiger partial charge in [-0.05, 0) is 37.6 Å². The zero-order valence-corrected chi connectivity index (χ0v) is 20.0. The minimum atomic E-state index is -0.0689. The van der Waals surface area contributed by atoms with Gasteiger partial charge in [-0.2, -0.15) is 0 Å². The molecule has 0 saturated carbocycles. The van der Waals surface area contributed by atoms with E-state index in [0.717, 1.165) is 62.4 Å². The van der Waals surface area contributed by atoms with Crippen LogP contribution in [0, 0.1) is 5.92 Å². The molecule has 2 N–H and O–H groups in total. The van der Waals surface area contributed by atoms with Crippen LogP contribution in [-0.2, 0) is 11.2 Å². The Morgan fingerprint density at radius 2 is 2.10 bits per heavy atom. The first-order chi connectivity index (χ1) is 14.2. The molecule has 30 heavy (non-hydrogen) atoms. The molecule has 0 spiro atoms. The van der Waals surface area contributed by atoms with E-state index in [2.05, 4.69) is 10.6 Å². The molecule has 2 unspecified atom stereocenters. The highest BCUT2D eigenvalue weighted by Gasteiger charge is 2.16. The normalized spacial score (nSPS) is 17.1. The molecule has 7 nitrogen and oxygen atoms in total. The summed E-state index contributed by atoms with van der Waals surface area (Å²) in [6.07, 6.45) is 3.51. The fourth-order valence-corrected chi connectivity index (χ4v) is 3.08. The largest absolute Gasteiger partial charge is 0.497 e. The van der Waals surface area contributed by atoms with Gasteiger partial charge in [-0.15, -0.1) is 24.0 Å². The van der Waals surface area contributed by atoms with Crippen LogP contribution in [0.25, 0.3) is 0 Å². The molecule has 2 atom stereocenters. The lowest BCUT2D eigenvalue weighted by atomic mass is 10.1. The van der Waals surface area contributed by atoms with Crippen molar-refractivity contribution < 1.29 is 18.6 Å². The van der Waals surface area contributed by atoms with E-state index < -0.39 is 0 Å². The molecule has 1 aromatic heterocycles. The number of hydrogen-bond acceptors (Lipinski definition) is 5. The van der Waals surface area contributed by atoms with Crippen molar-refractivity contribution in [3.8, 4) is 11.5 Å². The molecular weight excluding hydrogens is 497 g/mol. The van der Waals surface area contributed by atoms with E-state index in [1.165, 1.54) is 0 Å². The summed E-state index contributed by atoms with van der Waals surface area (Å²) < 4.78 is 22.1. The molecule has 1 fully saturated rings. The van der Waals surface area contributed by atoms with Crippen LogP contribution in [0.3, 0.4) is 0 Å². The van der Waals surface area contributed by atoms with Crippen molar-refractivity contribution in [1.29, 1.82) is 0 Å². The molecule has 1 saturated heterocycles. The molecule has 0 bridgehead atoms. The van der Waals surface area contributed by atoms with Crippen molar-refractivity contribution in [2.45, 2.75) is 25.9 Å². The van der Waals surface area contributed by atoms with E-state index >= 15 is 0 Å². The molecule has 2 heterocycles. The lowest BCUT2D eigenvalue weighted by Gasteiger charge is -2.17.